The zero-order chi connectivity index (χ0) is 19.4. The highest BCUT2D eigenvalue weighted by Gasteiger charge is 2.27. The summed E-state index contributed by atoms with van der Waals surface area (Å²) in [5.41, 5.74) is 1.11. The van der Waals surface area contributed by atoms with Crippen LogP contribution in [0.4, 0.5) is 0 Å². The molecule has 4 rings (SSSR count). The van der Waals surface area contributed by atoms with E-state index >= 15 is 0 Å². The van der Waals surface area contributed by atoms with E-state index in [1.165, 1.54) is 22.3 Å². The van der Waals surface area contributed by atoms with Crippen molar-refractivity contribution in [3.05, 3.63) is 66.0 Å². The van der Waals surface area contributed by atoms with Crippen molar-refractivity contribution in [2.75, 3.05) is 13.1 Å². The molecule has 0 atom stereocenters. The third-order valence-corrected chi connectivity index (χ3v) is 7.27. The van der Waals surface area contributed by atoms with Gasteiger partial charge in [0.15, 0.2) is 0 Å². The molecule has 0 bridgehead atoms. The standard InChI is InChI=1S/C19H20N4O3S2/c24-28(25,23-10-4-5-11-23)16-8-9-19(20-13-16)27-14-18-22-21-17(26-18)12-15-6-2-1-3-7-15/h1-3,6-9,13H,4-5,10-12,14H2. The number of pyridine rings is 1. The van der Waals surface area contributed by atoms with Crippen LogP contribution < -0.4 is 0 Å². The number of hydrogen-bond donors (Lipinski definition) is 0. The zero-order valence-corrected chi connectivity index (χ0v) is 16.8. The van der Waals surface area contributed by atoms with Crippen LogP contribution in [-0.4, -0.2) is 41.0 Å². The van der Waals surface area contributed by atoms with Crippen LogP contribution in [0.1, 0.15) is 30.2 Å². The van der Waals surface area contributed by atoms with Gasteiger partial charge < -0.3 is 4.42 Å². The number of sulfonamides is 1. The predicted molar refractivity (Wildman–Crippen MR) is 105 cm³/mol. The maximum Gasteiger partial charge on any atom is 0.244 e. The van der Waals surface area contributed by atoms with Crippen molar-refractivity contribution in [1.82, 2.24) is 19.5 Å². The molecule has 0 spiro atoms. The van der Waals surface area contributed by atoms with Crippen molar-refractivity contribution in [2.24, 2.45) is 0 Å². The van der Waals surface area contributed by atoms with Crippen molar-refractivity contribution >= 4 is 21.8 Å². The number of thioether (sulfide) groups is 1. The van der Waals surface area contributed by atoms with Gasteiger partial charge >= 0.3 is 0 Å². The van der Waals surface area contributed by atoms with Crippen LogP contribution in [0, 0.1) is 0 Å². The first-order valence-electron chi connectivity index (χ1n) is 9.05. The fourth-order valence-corrected chi connectivity index (χ4v) is 5.15. The number of aromatic nitrogens is 3. The van der Waals surface area contributed by atoms with Crippen molar-refractivity contribution in [3.8, 4) is 0 Å². The first kappa shape index (κ1) is 19.1. The van der Waals surface area contributed by atoms with Crippen LogP contribution in [0.25, 0.3) is 0 Å². The highest BCUT2D eigenvalue weighted by Crippen LogP contribution is 2.24. The van der Waals surface area contributed by atoms with E-state index in [4.69, 9.17) is 4.42 Å². The van der Waals surface area contributed by atoms with Crippen molar-refractivity contribution < 1.29 is 12.8 Å². The van der Waals surface area contributed by atoms with Crippen molar-refractivity contribution in [3.63, 3.8) is 0 Å². The maximum atomic E-state index is 12.5. The van der Waals surface area contributed by atoms with Crippen LogP contribution in [0.3, 0.4) is 0 Å². The van der Waals surface area contributed by atoms with Gasteiger partial charge in [0.1, 0.15) is 4.90 Å². The normalized spacial score (nSPS) is 15.1. The molecule has 1 fully saturated rings. The lowest BCUT2D eigenvalue weighted by atomic mass is 10.2. The van der Waals surface area contributed by atoms with Crippen LogP contribution >= 0.6 is 11.8 Å². The molecule has 1 saturated heterocycles. The van der Waals surface area contributed by atoms with Gasteiger partial charge in [-0.3, -0.25) is 0 Å². The molecule has 7 nitrogen and oxygen atoms in total. The van der Waals surface area contributed by atoms with Gasteiger partial charge in [-0.1, -0.05) is 42.1 Å². The Labute approximate surface area is 168 Å². The van der Waals surface area contributed by atoms with Gasteiger partial charge in [-0.2, -0.15) is 4.31 Å². The molecule has 0 N–H and O–H groups in total. The molecule has 28 heavy (non-hydrogen) atoms. The topological polar surface area (TPSA) is 89.2 Å². The summed E-state index contributed by atoms with van der Waals surface area (Å²) in [6.07, 6.45) is 3.85. The lowest BCUT2D eigenvalue weighted by molar-refractivity contribution is 0.473. The number of rotatable bonds is 7. The lowest BCUT2D eigenvalue weighted by Crippen LogP contribution is -2.27. The van der Waals surface area contributed by atoms with Crippen LogP contribution in [-0.2, 0) is 22.2 Å². The smallest absolute Gasteiger partial charge is 0.244 e. The summed E-state index contributed by atoms with van der Waals surface area (Å²) in [6, 6.07) is 13.3. The third kappa shape index (κ3) is 4.43. The summed E-state index contributed by atoms with van der Waals surface area (Å²) in [4.78, 5) is 4.51. The van der Waals surface area contributed by atoms with Gasteiger partial charge in [-0.05, 0) is 30.5 Å². The average molecular weight is 417 g/mol. The molecule has 3 aromatic rings. The highest BCUT2D eigenvalue weighted by molar-refractivity contribution is 7.98. The molecule has 1 aromatic carbocycles. The van der Waals surface area contributed by atoms with Crippen molar-refractivity contribution in [2.45, 2.75) is 34.9 Å². The highest BCUT2D eigenvalue weighted by atomic mass is 32.2. The lowest BCUT2D eigenvalue weighted by Gasteiger charge is -2.15. The fourth-order valence-electron chi connectivity index (χ4n) is 3.01. The van der Waals surface area contributed by atoms with Gasteiger partial charge in [-0.25, -0.2) is 13.4 Å². The fraction of sp³-hybridized carbons (Fsp3) is 0.316. The Morgan fingerprint density at radius 2 is 1.75 bits per heavy atom. The van der Waals surface area contributed by atoms with E-state index < -0.39 is 10.0 Å². The molecule has 2 aromatic heterocycles. The van der Waals surface area contributed by atoms with E-state index in [1.54, 1.807) is 12.1 Å². The molecule has 146 valence electrons. The van der Waals surface area contributed by atoms with E-state index in [0.717, 1.165) is 18.4 Å². The summed E-state index contributed by atoms with van der Waals surface area (Å²) in [6.45, 7) is 1.17. The average Bonchev–Trinajstić information content (AvgIpc) is 3.40. The van der Waals surface area contributed by atoms with E-state index in [-0.39, 0.29) is 4.90 Å². The van der Waals surface area contributed by atoms with Gasteiger partial charge in [0.25, 0.3) is 0 Å². The van der Waals surface area contributed by atoms with E-state index in [0.29, 0.717) is 42.1 Å². The number of nitrogens with zero attached hydrogens (tertiary/aromatic N) is 4. The molecule has 0 radical (unpaired) electrons. The molecule has 0 amide bonds. The first-order chi connectivity index (χ1) is 13.6. The number of hydrogen-bond acceptors (Lipinski definition) is 7. The number of benzene rings is 1. The van der Waals surface area contributed by atoms with Gasteiger partial charge in [0.2, 0.25) is 21.8 Å². The predicted octanol–water partition coefficient (Wildman–Crippen LogP) is 3.13. The Bertz CT molecular complexity index is 1010. The largest absolute Gasteiger partial charge is 0.424 e. The molecule has 3 heterocycles. The Morgan fingerprint density at radius 3 is 2.46 bits per heavy atom. The van der Waals surface area contributed by atoms with Crippen LogP contribution in [0.15, 0.2) is 63.0 Å². The van der Waals surface area contributed by atoms with Crippen LogP contribution in [0.5, 0.6) is 0 Å². The second kappa shape index (κ2) is 8.42. The minimum absolute atomic E-state index is 0.238. The van der Waals surface area contributed by atoms with E-state index in [2.05, 4.69) is 15.2 Å². The monoisotopic (exact) mass is 416 g/mol. The second-order valence-corrected chi connectivity index (χ2v) is 9.42. The second-order valence-electron chi connectivity index (χ2n) is 6.48. The Kier molecular flexibility index (Phi) is 5.74. The minimum atomic E-state index is -3.43. The molecule has 9 heteroatoms. The molecular formula is C19H20N4O3S2. The zero-order valence-electron chi connectivity index (χ0n) is 15.2. The molecule has 1 aliphatic rings. The molecule has 0 saturated carbocycles. The Balaban J connectivity index is 1.35. The van der Waals surface area contributed by atoms with E-state index in [1.807, 2.05) is 30.3 Å². The van der Waals surface area contributed by atoms with Gasteiger partial charge in [-0.15, -0.1) is 10.2 Å². The summed E-state index contributed by atoms with van der Waals surface area (Å²) < 4.78 is 32.2. The summed E-state index contributed by atoms with van der Waals surface area (Å²) in [7, 11) is -3.43. The summed E-state index contributed by atoms with van der Waals surface area (Å²) in [5.74, 6) is 1.57. The summed E-state index contributed by atoms with van der Waals surface area (Å²) >= 11 is 1.43. The SMILES string of the molecule is O=S(=O)(c1ccc(SCc2nnc(Cc3ccccc3)o2)nc1)N1CCCC1. The first-order valence-corrected chi connectivity index (χ1v) is 11.5. The van der Waals surface area contributed by atoms with E-state index in [9.17, 15) is 8.42 Å². The Morgan fingerprint density at radius 1 is 1.00 bits per heavy atom. The molecule has 1 aliphatic heterocycles. The van der Waals surface area contributed by atoms with Crippen molar-refractivity contribution in [1.29, 1.82) is 0 Å². The molecular weight excluding hydrogens is 396 g/mol. The third-order valence-electron chi connectivity index (χ3n) is 4.46. The van der Waals surface area contributed by atoms with Gasteiger partial charge in [0, 0.05) is 19.3 Å². The minimum Gasteiger partial charge on any atom is -0.424 e. The van der Waals surface area contributed by atoms with Crippen LogP contribution in [0.2, 0.25) is 0 Å². The maximum absolute atomic E-state index is 12.5. The van der Waals surface area contributed by atoms with Gasteiger partial charge in [0.05, 0.1) is 17.2 Å². The molecule has 0 aliphatic carbocycles. The summed E-state index contributed by atoms with van der Waals surface area (Å²) in [5, 5.41) is 8.86. The quantitative estimate of drug-likeness (QED) is 0.547. The molecule has 0 unspecified atom stereocenters. The Hall–Kier alpha value is -2.23.